The first kappa shape index (κ1) is 13.2. The molecule has 0 N–H and O–H groups in total. The van der Waals surface area contributed by atoms with Gasteiger partial charge in [0, 0.05) is 19.8 Å². The maximum absolute atomic E-state index is 13.0. The van der Waals surface area contributed by atoms with Gasteiger partial charge in [0.1, 0.15) is 5.82 Å². The fourth-order valence-corrected chi connectivity index (χ4v) is 2.20. The van der Waals surface area contributed by atoms with Crippen LogP contribution in [0.2, 0.25) is 0 Å². The number of carbonyl (C=O) groups excluding carboxylic acids is 1. The van der Waals surface area contributed by atoms with Gasteiger partial charge in [-0.25, -0.2) is 18.3 Å². The maximum Gasteiger partial charge on any atom is 0.477 e. The van der Waals surface area contributed by atoms with Gasteiger partial charge in [-0.3, -0.25) is 9.05 Å². The number of cyclic esters (lactones) is 1. The van der Waals surface area contributed by atoms with Gasteiger partial charge >= 0.3 is 13.8 Å². The molecule has 0 radical (unpaired) electrons. The van der Waals surface area contributed by atoms with Crippen LogP contribution in [0.3, 0.4) is 0 Å². The number of phosphoric acid groups is 1. The molecule has 0 aromatic heterocycles. The summed E-state index contributed by atoms with van der Waals surface area (Å²) in [5.74, 6) is -1.33. The third kappa shape index (κ3) is 2.30. The van der Waals surface area contributed by atoms with Crippen molar-refractivity contribution in [3.63, 3.8) is 0 Å². The van der Waals surface area contributed by atoms with E-state index in [1.807, 2.05) is 0 Å². The van der Waals surface area contributed by atoms with E-state index >= 15 is 0 Å². The number of rotatable bonds is 4. The lowest BCUT2D eigenvalue weighted by Crippen LogP contribution is -2.04. The molecule has 1 aliphatic heterocycles. The van der Waals surface area contributed by atoms with E-state index in [0.29, 0.717) is 0 Å². The number of phosphoric ester groups is 1. The molecule has 0 fully saturated rings. The van der Waals surface area contributed by atoms with Gasteiger partial charge in [-0.05, 0) is 18.2 Å². The van der Waals surface area contributed by atoms with Crippen LogP contribution in [0.5, 0.6) is 0 Å². The Bertz CT molecular complexity index is 523. The van der Waals surface area contributed by atoms with Gasteiger partial charge in [0.15, 0.2) is 0 Å². The summed E-state index contributed by atoms with van der Waals surface area (Å²) >= 11 is 0. The maximum atomic E-state index is 13.0. The number of fused-ring (bicyclic) bond motifs is 1. The number of hydrogen-bond acceptors (Lipinski definition) is 6. The van der Waals surface area contributed by atoms with Crippen molar-refractivity contribution in [3.8, 4) is 0 Å². The Balaban J connectivity index is 2.30. The molecule has 0 aliphatic carbocycles. The third-order valence-electron chi connectivity index (χ3n) is 2.38. The standard InChI is InChI=1S/C10H10FO6P/c1-14-18(13,15-2)17-10-7-4-3-6(11)5-8(7)9(12)16-10/h3-5,10H,1-2H3. The average molecular weight is 276 g/mol. The molecule has 0 saturated heterocycles. The lowest BCUT2D eigenvalue weighted by atomic mass is 10.1. The molecule has 8 heteroatoms. The van der Waals surface area contributed by atoms with Crippen molar-refractivity contribution >= 4 is 13.8 Å². The SMILES string of the molecule is COP(=O)(OC)OC1OC(=O)c2cc(F)ccc21. The van der Waals surface area contributed by atoms with E-state index in [1.54, 1.807) is 0 Å². The molecular formula is C10H10FO6P. The molecular weight excluding hydrogens is 266 g/mol. The Morgan fingerprint density at radius 1 is 1.33 bits per heavy atom. The van der Waals surface area contributed by atoms with Crippen LogP contribution in [0.25, 0.3) is 0 Å². The summed E-state index contributed by atoms with van der Waals surface area (Å²) < 4.78 is 43.7. The van der Waals surface area contributed by atoms with Crippen molar-refractivity contribution in [1.82, 2.24) is 0 Å². The molecule has 6 nitrogen and oxygen atoms in total. The molecule has 1 unspecified atom stereocenters. The topological polar surface area (TPSA) is 71.1 Å². The Morgan fingerprint density at radius 3 is 2.61 bits per heavy atom. The molecule has 0 bridgehead atoms. The number of benzene rings is 1. The van der Waals surface area contributed by atoms with Crippen molar-refractivity contribution < 1.29 is 32.1 Å². The predicted octanol–water partition coefficient (Wildman–Crippen LogP) is 2.41. The van der Waals surface area contributed by atoms with Gasteiger partial charge in [0.2, 0.25) is 6.29 Å². The summed E-state index contributed by atoms with van der Waals surface area (Å²) in [6.07, 6.45) is -1.24. The molecule has 1 aliphatic rings. The molecule has 2 rings (SSSR count). The number of hydrogen-bond donors (Lipinski definition) is 0. The summed E-state index contributed by atoms with van der Waals surface area (Å²) in [6.45, 7) is 0. The molecule has 1 heterocycles. The quantitative estimate of drug-likeness (QED) is 0.621. The lowest BCUT2D eigenvalue weighted by molar-refractivity contribution is -0.0554. The van der Waals surface area contributed by atoms with Crippen LogP contribution in [0, 0.1) is 5.82 Å². The van der Waals surface area contributed by atoms with Gasteiger partial charge in [-0.2, -0.15) is 0 Å². The molecule has 0 amide bonds. The van der Waals surface area contributed by atoms with Crippen LogP contribution in [-0.2, 0) is 22.9 Å². The third-order valence-corrected chi connectivity index (χ3v) is 3.72. The Hall–Kier alpha value is -1.27. The highest BCUT2D eigenvalue weighted by molar-refractivity contribution is 7.48. The summed E-state index contributed by atoms with van der Waals surface area (Å²) in [5, 5.41) is 0. The van der Waals surface area contributed by atoms with Gasteiger partial charge < -0.3 is 4.74 Å². The van der Waals surface area contributed by atoms with Crippen LogP contribution in [0.4, 0.5) is 4.39 Å². The second-order valence-electron chi connectivity index (χ2n) is 3.39. The number of esters is 1. The second-order valence-corrected chi connectivity index (χ2v) is 5.22. The van der Waals surface area contributed by atoms with Gasteiger partial charge in [-0.15, -0.1) is 0 Å². The molecule has 0 saturated carbocycles. The first-order valence-corrected chi connectivity index (χ1v) is 6.35. The zero-order valence-corrected chi connectivity index (χ0v) is 10.5. The number of halogens is 1. The van der Waals surface area contributed by atoms with Crippen LogP contribution >= 0.6 is 7.82 Å². The van der Waals surface area contributed by atoms with Crippen molar-refractivity contribution in [2.45, 2.75) is 6.29 Å². The Morgan fingerprint density at radius 2 is 2.00 bits per heavy atom. The van der Waals surface area contributed by atoms with Crippen LogP contribution in [-0.4, -0.2) is 20.2 Å². The first-order valence-electron chi connectivity index (χ1n) is 4.89. The van der Waals surface area contributed by atoms with Gasteiger partial charge in [-0.1, -0.05) is 0 Å². The highest BCUT2D eigenvalue weighted by atomic mass is 31.2. The van der Waals surface area contributed by atoms with Crippen molar-refractivity contribution in [2.75, 3.05) is 14.2 Å². The minimum absolute atomic E-state index is 0.0266. The highest BCUT2D eigenvalue weighted by Gasteiger charge is 2.38. The number of carbonyl (C=O) groups is 1. The van der Waals surface area contributed by atoms with E-state index in [9.17, 15) is 13.8 Å². The number of ether oxygens (including phenoxy) is 1. The minimum Gasteiger partial charge on any atom is -0.427 e. The summed E-state index contributed by atoms with van der Waals surface area (Å²) in [7, 11) is -1.53. The van der Waals surface area contributed by atoms with E-state index in [2.05, 4.69) is 9.05 Å². The van der Waals surface area contributed by atoms with E-state index in [1.165, 1.54) is 6.07 Å². The zero-order valence-electron chi connectivity index (χ0n) is 9.58. The van der Waals surface area contributed by atoms with Crippen LogP contribution < -0.4 is 0 Å². The average Bonchev–Trinajstić information content (AvgIpc) is 2.65. The van der Waals surface area contributed by atoms with Crippen LogP contribution in [0.15, 0.2) is 18.2 Å². The van der Waals surface area contributed by atoms with E-state index < -0.39 is 25.9 Å². The normalized spacial score (nSPS) is 18.6. The van der Waals surface area contributed by atoms with Crippen LogP contribution in [0.1, 0.15) is 22.2 Å². The molecule has 18 heavy (non-hydrogen) atoms. The highest BCUT2D eigenvalue weighted by Crippen LogP contribution is 2.53. The molecule has 98 valence electrons. The Kier molecular flexibility index (Phi) is 3.49. The van der Waals surface area contributed by atoms with E-state index in [-0.39, 0.29) is 11.1 Å². The molecule has 1 aromatic rings. The first-order chi connectivity index (χ1) is 8.49. The smallest absolute Gasteiger partial charge is 0.427 e. The summed E-state index contributed by atoms with van der Waals surface area (Å²) in [4.78, 5) is 11.5. The van der Waals surface area contributed by atoms with Gasteiger partial charge in [0.25, 0.3) is 0 Å². The van der Waals surface area contributed by atoms with Crippen molar-refractivity contribution in [2.24, 2.45) is 0 Å². The largest absolute Gasteiger partial charge is 0.477 e. The molecule has 0 spiro atoms. The minimum atomic E-state index is -3.80. The van der Waals surface area contributed by atoms with E-state index in [0.717, 1.165) is 26.4 Å². The molecule has 1 atom stereocenters. The Labute approximate surface area is 102 Å². The second kappa shape index (κ2) is 4.78. The molecule has 1 aromatic carbocycles. The predicted molar refractivity (Wildman–Crippen MR) is 57.3 cm³/mol. The van der Waals surface area contributed by atoms with Crippen molar-refractivity contribution in [1.29, 1.82) is 0 Å². The van der Waals surface area contributed by atoms with Gasteiger partial charge in [0.05, 0.1) is 5.56 Å². The zero-order chi connectivity index (χ0) is 13.3. The van der Waals surface area contributed by atoms with Crippen molar-refractivity contribution in [3.05, 3.63) is 35.1 Å². The summed E-state index contributed by atoms with van der Waals surface area (Å²) in [5.41, 5.74) is 0.300. The monoisotopic (exact) mass is 276 g/mol. The fraction of sp³-hybridized carbons (Fsp3) is 0.300. The van der Waals surface area contributed by atoms with E-state index in [4.69, 9.17) is 9.26 Å². The summed E-state index contributed by atoms with van der Waals surface area (Å²) in [6, 6.07) is 3.48. The lowest BCUT2D eigenvalue weighted by Gasteiger charge is -2.17. The fourth-order valence-electron chi connectivity index (χ4n) is 1.49.